The monoisotopic (exact) mass is 299 g/mol. The lowest BCUT2D eigenvalue weighted by Crippen LogP contribution is -2.37. The van der Waals surface area contributed by atoms with Crippen LogP contribution >= 0.6 is 0 Å². The maximum absolute atomic E-state index is 12.5. The molecular formula is C15H13N3O4. The number of imidazole rings is 1. The van der Waals surface area contributed by atoms with Gasteiger partial charge in [0.05, 0.1) is 6.54 Å². The molecule has 0 spiro atoms. The van der Waals surface area contributed by atoms with E-state index in [1.54, 1.807) is 0 Å². The minimum atomic E-state index is -1.16. The Hall–Kier alpha value is -3.09. The van der Waals surface area contributed by atoms with E-state index in [0.29, 0.717) is 0 Å². The summed E-state index contributed by atoms with van der Waals surface area (Å²) in [5.41, 5.74) is -0.0249. The zero-order valence-electron chi connectivity index (χ0n) is 11.8. The lowest BCUT2D eigenvalue weighted by Gasteiger charge is -2.06. The van der Waals surface area contributed by atoms with Crippen LogP contribution in [0, 0.1) is 0 Å². The number of aryl methyl sites for hydroxylation is 1. The summed E-state index contributed by atoms with van der Waals surface area (Å²) in [4.78, 5) is 35.8. The summed E-state index contributed by atoms with van der Waals surface area (Å²) in [6, 6.07) is 10.4. The van der Waals surface area contributed by atoms with Crippen molar-refractivity contribution in [1.29, 1.82) is 0 Å². The van der Waals surface area contributed by atoms with Crippen molar-refractivity contribution >= 4 is 11.6 Å². The zero-order valence-corrected chi connectivity index (χ0v) is 11.8. The summed E-state index contributed by atoms with van der Waals surface area (Å²) in [5, 5.41) is 9.11. The Morgan fingerprint density at radius 2 is 1.86 bits per heavy atom. The molecule has 3 aromatic rings. The average Bonchev–Trinajstić information content (AvgIpc) is 2.82. The van der Waals surface area contributed by atoms with E-state index in [1.165, 1.54) is 28.3 Å². The molecule has 0 radical (unpaired) electrons. The second kappa shape index (κ2) is 5.03. The van der Waals surface area contributed by atoms with Gasteiger partial charge in [-0.3, -0.25) is 13.8 Å². The molecule has 0 unspecified atom stereocenters. The summed E-state index contributed by atoms with van der Waals surface area (Å²) in [5.74, 6) is -1.16. The van der Waals surface area contributed by atoms with Crippen LogP contribution in [-0.2, 0) is 13.6 Å². The van der Waals surface area contributed by atoms with Crippen LogP contribution < -0.4 is 11.2 Å². The number of aromatic carboxylic acids is 1. The van der Waals surface area contributed by atoms with Crippen molar-refractivity contribution in [3.63, 3.8) is 0 Å². The number of hydrogen-bond donors (Lipinski definition) is 1. The minimum absolute atomic E-state index is 0.0611. The SMILES string of the molecule is Cn1c(C(=O)O)cn2c(=O)n(Cc3ccccc3)c(=O)cc12. The highest BCUT2D eigenvalue weighted by Crippen LogP contribution is 2.06. The van der Waals surface area contributed by atoms with Crippen molar-refractivity contribution in [3.05, 3.63) is 74.7 Å². The second-order valence-corrected chi connectivity index (χ2v) is 4.94. The molecule has 112 valence electrons. The van der Waals surface area contributed by atoms with Crippen molar-refractivity contribution in [1.82, 2.24) is 13.5 Å². The van der Waals surface area contributed by atoms with Gasteiger partial charge in [0.15, 0.2) is 0 Å². The Kier molecular flexibility index (Phi) is 3.17. The van der Waals surface area contributed by atoms with E-state index in [-0.39, 0.29) is 17.9 Å². The molecule has 1 N–H and O–H groups in total. The number of rotatable bonds is 3. The largest absolute Gasteiger partial charge is 0.477 e. The first-order chi connectivity index (χ1) is 10.5. The topological polar surface area (TPSA) is 85.7 Å². The van der Waals surface area contributed by atoms with E-state index in [2.05, 4.69) is 0 Å². The summed E-state index contributed by atoms with van der Waals surface area (Å²) in [6.45, 7) is 0.138. The van der Waals surface area contributed by atoms with Gasteiger partial charge in [0.25, 0.3) is 5.56 Å². The number of carbonyl (C=O) groups is 1. The molecule has 0 fully saturated rings. The second-order valence-electron chi connectivity index (χ2n) is 4.94. The van der Waals surface area contributed by atoms with Gasteiger partial charge in [0.1, 0.15) is 11.3 Å². The third kappa shape index (κ3) is 2.12. The van der Waals surface area contributed by atoms with Gasteiger partial charge in [-0.1, -0.05) is 30.3 Å². The first-order valence-corrected chi connectivity index (χ1v) is 6.58. The summed E-state index contributed by atoms with van der Waals surface area (Å²) < 4.78 is 3.56. The molecule has 2 aromatic heterocycles. The van der Waals surface area contributed by atoms with E-state index >= 15 is 0 Å². The van der Waals surface area contributed by atoms with Crippen LogP contribution in [0.15, 0.2) is 52.2 Å². The number of benzene rings is 1. The highest BCUT2D eigenvalue weighted by atomic mass is 16.4. The number of carboxylic acid groups (broad SMARTS) is 1. The fourth-order valence-corrected chi connectivity index (χ4v) is 2.40. The molecule has 0 amide bonds. The predicted octanol–water partition coefficient (Wildman–Crippen LogP) is 0.546. The molecule has 0 aliphatic carbocycles. The zero-order chi connectivity index (χ0) is 15.9. The third-order valence-electron chi connectivity index (χ3n) is 3.56. The van der Waals surface area contributed by atoms with Crippen molar-refractivity contribution in [2.45, 2.75) is 6.54 Å². The molecule has 22 heavy (non-hydrogen) atoms. The highest BCUT2D eigenvalue weighted by molar-refractivity contribution is 5.86. The van der Waals surface area contributed by atoms with Gasteiger partial charge < -0.3 is 9.67 Å². The van der Waals surface area contributed by atoms with Crippen molar-refractivity contribution in [2.75, 3.05) is 0 Å². The van der Waals surface area contributed by atoms with E-state index in [0.717, 1.165) is 10.1 Å². The lowest BCUT2D eigenvalue weighted by atomic mass is 10.2. The maximum atomic E-state index is 12.5. The molecule has 0 saturated carbocycles. The standard InChI is InChI=1S/C15H13N3O4/c1-16-11(14(20)21)9-17-12(16)7-13(19)18(15(17)22)8-10-5-3-2-4-6-10/h2-7,9H,8H2,1H3,(H,20,21). The first kappa shape index (κ1) is 13.9. The van der Waals surface area contributed by atoms with Crippen LogP contribution in [0.4, 0.5) is 0 Å². The normalized spacial score (nSPS) is 11.0. The molecular weight excluding hydrogens is 286 g/mol. The summed E-state index contributed by atoms with van der Waals surface area (Å²) in [6.07, 6.45) is 1.22. The smallest absolute Gasteiger partial charge is 0.354 e. The minimum Gasteiger partial charge on any atom is -0.477 e. The van der Waals surface area contributed by atoms with E-state index in [1.807, 2.05) is 30.3 Å². The number of carboxylic acids is 1. The Morgan fingerprint density at radius 3 is 2.50 bits per heavy atom. The van der Waals surface area contributed by atoms with Crippen molar-refractivity contribution < 1.29 is 9.90 Å². The van der Waals surface area contributed by atoms with Gasteiger partial charge in [-0.2, -0.15) is 0 Å². The van der Waals surface area contributed by atoms with Crippen molar-refractivity contribution in [2.24, 2.45) is 7.05 Å². The molecule has 0 bridgehead atoms. The van der Waals surface area contributed by atoms with Crippen LogP contribution in [-0.4, -0.2) is 24.6 Å². The first-order valence-electron chi connectivity index (χ1n) is 6.58. The van der Waals surface area contributed by atoms with E-state index in [9.17, 15) is 14.4 Å². The van der Waals surface area contributed by atoms with E-state index in [4.69, 9.17) is 5.11 Å². The van der Waals surface area contributed by atoms with Crippen LogP contribution in [0.3, 0.4) is 0 Å². The third-order valence-corrected chi connectivity index (χ3v) is 3.56. The summed E-state index contributed by atoms with van der Waals surface area (Å²) >= 11 is 0. The van der Waals surface area contributed by atoms with Gasteiger partial charge in [0.2, 0.25) is 0 Å². The van der Waals surface area contributed by atoms with Crippen molar-refractivity contribution in [3.8, 4) is 0 Å². The Labute approximate surface area is 124 Å². The fraction of sp³-hybridized carbons (Fsp3) is 0.133. The van der Waals surface area contributed by atoms with Crippen LogP contribution in [0.1, 0.15) is 16.1 Å². The van der Waals surface area contributed by atoms with Gasteiger partial charge in [0, 0.05) is 19.3 Å². The predicted molar refractivity (Wildman–Crippen MR) is 79.4 cm³/mol. The van der Waals surface area contributed by atoms with Crippen LogP contribution in [0.25, 0.3) is 5.65 Å². The average molecular weight is 299 g/mol. The fourth-order valence-electron chi connectivity index (χ4n) is 2.40. The van der Waals surface area contributed by atoms with Crippen LogP contribution in [0.5, 0.6) is 0 Å². The quantitative estimate of drug-likeness (QED) is 0.765. The molecule has 3 rings (SSSR count). The molecule has 2 heterocycles. The molecule has 0 aliphatic rings. The molecule has 7 heteroatoms. The summed E-state index contributed by atoms with van der Waals surface area (Å²) in [7, 11) is 1.50. The van der Waals surface area contributed by atoms with Gasteiger partial charge in [-0.05, 0) is 5.56 Å². The molecule has 0 atom stereocenters. The highest BCUT2D eigenvalue weighted by Gasteiger charge is 2.16. The van der Waals surface area contributed by atoms with Gasteiger partial charge >= 0.3 is 11.7 Å². The number of aromatic nitrogens is 3. The molecule has 0 aliphatic heterocycles. The lowest BCUT2D eigenvalue weighted by molar-refractivity contribution is 0.0687. The Morgan fingerprint density at radius 1 is 1.18 bits per heavy atom. The molecule has 7 nitrogen and oxygen atoms in total. The van der Waals surface area contributed by atoms with Gasteiger partial charge in [-0.15, -0.1) is 0 Å². The Bertz CT molecular complexity index is 980. The van der Waals surface area contributed by atoms with Gasteiger partial charge in [-0.25, -0.2) is 9.59 Å². The molecule has 1 aromatic carbocycles. The molecule has 0 saturated heterocycles. The van der Waals surface area contributed by atoms with E-state index < -0.39 is 17.2 Å². The number of fused-ring (bicyclic) bond motifs is 1. The number of nitrogens with zero attached hydrogens (tertiary/aromatic N) is 3. The van der Waals surface area contributed by atoms with Crippen LogP contribution in [0.2, 0.25) is 0 Å². The Balaban J connectivity index is 2.23. The maximum Gasteiger partial charge on any atom is 0.354 e. The number of hydrogen-bond acceptors (Lipinski definition) is 3.